The van der Waals surface area contributed by atoms with Crippen molar-refractivity contribution >= 4 is 17.7 Å². The number of rotatable bonds is 4. The van der Waals surface area contributed by atoms with E-state index in [1.165, 1.54) is 0 Å². The maximum atomic E-state index is 11.9. The van der Waals surface area contributed by atoms with Crippen LogP contribution in [0.25, 0.3) is 0 Å². The molecular formula is C13H19NO5. The highest BCUT2D eigenvalue weighted by Gasteiger charge is 2.35. The molecule has 1 aliphatic carbocycles. The van der Waals surface area contributed by atoms with E-state index in [9.17, 15) is 19.5 Å². The van der Waals surface area contributed by atoms with Gasteiger partial charge in [-0.15, -0.1) is 0 Å². The highest BCUT2D eigenvalue weighted by Crippen LogP contribution is 2.25. The predicted octanol–water partition coefficient (Wildman–Crippen LogP) is 0.352. The second-order valence-electron chi connectivity index (χ2n) is 5.28. The fourth-order valence-corrected chi connectivity index (χ4v) is 2.74. The molecule has 6 heteroatoms. The van der Waals surface area contributed by atoms with Crippen LogP contribution in [0, 0.1) is 11.8 Å². The van der Waals surface area contributed by atoms with Gasteiger partial charge >= 0.3 is 5.97 Å². The minimum absolute atomic E-state index is 0.0842. The number of ketones is 1. The molecule has 0 unspecified atom stereocenters. The van der Waals surface area contributed by atoms with Gasteiger partial charge in [0.2, 0.25) is 5.91 Å². The molecule has 0 radical (unpaired) electrons. The molecular weight excluding hydrogens is 250 g/mol. The van der Waals surface area contributed by atoms with Crippen LogP contribution in [0.2, 0.25) is 0 Å². The molecule has 0 bridgehead atoms. The van der Waals surface area contributed by atoms with Crippen LogP contribution in [0.5, 0.6) is 0 Å². The smallest absolute Gasteiger partial charge is 0.326 e. The summed E-state index contributed by atoms with van der Waals surface area (Å²) in [4.78, 5) is 34.7. The summed E-state index contributed by atoms with van der Waals surface area (Å²) in [5.74, 6) is -1.80. The van der Waals surface area contributed by atoms with E-state index < -0.39 is 12.0 Å². The second-order valence-corrected chi connectivity index (χ2v) is 5.28. The quantitative estimate of drug-likeness (QED) is 0.768. The summed E-state index contributed by atoms with van der Waals surface area (Å²) >= 11 is 0. The average molecular weight is 269 g/mol. The number of nitrogens with one attached hydrogen (secondary N) is 1. The first-order chi connectivity index (χ1) is 9.08. The van der Waals surface area contributed by atoms with Crippen molar-refractivity contribution in [3.8, 4) is 0 Å². The van der Waals surface area contributed by atoms with Crippen molar-refractivity contribution in [3.05, 3.63) is 0 Å². The van der Waals surface area contributed by atoms with E-state index in [2.05, 4.69) is 5.32 Å². The molecule has 1 heterocycles. The number of carbonyl (C=O) groups is 3. The molecule has 19 heavy (non-hydrogen) atoms. The van der Waals surface area contributed by atoms with Crippen LogP contribution in [0.4, 0.5) is 0 Å². The summed E-state index contributed by atoms with van der Waals surface area (Å²) in [5, 5.41) is 11.8. The third-order valence-electron chi connectivity index (χ3n) is 3.86. The Bertz CT molecular complexity index is 375. The number of carboxylic acids is 1. The monoisotopic (exact) mass is 269 g/mol. The standard InChI is InChI=1S/C13H19NO5/c15-10-3-1-2-8(6-10)11(13(17)18)14-12(16)9-4-5-19-7-9/h8-9,11H,1-7H2,(H,14,16)(H,17,18)/t8-,9-,11-/m0/s1. The summed E-state index contributed by atoms with van der Waals surface area (Å²) in [5.41, 5.74) is 0. The first-order valence-electron chi connectivity index (χ1n) is 6.70. The molecule has 0 spiro atoms. The average Bonchev–Trinajstić information content (AvgIpc) is 2.89. The highest BCUT2D eigenvalue weighted by molar-refractivity contribution is 5.86. The SMILES string of the molecule is O=C1CCC[C@H]([C@H](NC(=O)[C@H]2CCOC2)C(=O)O)C1. The van der Waals surface area contributed by atoms with E-state index in [0.29, 0.717) is 38.9 Å². The third-order valence-corrected chi connectivity index (χ3v) is 3.86. The normalized spacial score (nSPS) is 28.9. The van der Waals surface area contributed by atoms with Crippen molar-refractivity contribution in [3.63, 3.8) is 0 Å². The number of Topliss-reactive ketones (excluding diaryl/α,β-unsaturated/α-hetero) is 1. The van der Waals surface area contributed by atoms with Crippen molar-refractivity contribution in [2.24, 2.45) is 11.8 Å². The van der Waals surface area contributed by atoms with Crippen LogP contribution in [-0.4, -0.2) is 42.0 Å². The van der Waals surface area contributed by atoms with Gasteiger partial charge in [-0.25, -0.2) is 4.79 Å². The zero-order chi connectivity index (χ0) is 13.8. The number of carboxylic acid groups (broad SMARTS) is 1. The van der Waals surface area contributed by atoms with E-state index in [-0.39, 0.29) is 29.9 Å². The van der Waals surface area contributed by atoms with E-state index in [1.807, 2.05) is 0 Å². The third kappa shape index (κ3) is 3.53. The first kappa shape index (κ1) is 14.0. The van der Waals surface area contributed by atoms with Crippen LogP contribution in [0.15, 0.2) is 0 Å². The van der Waals surface area contributed by atoms with E-state index in [1.54, 1.807) is 0 Å². The maximum Gasteiger partial charge on any atom is 0.326 e. The van der Waals surface area contributed by atoms with Gasteiger partial charge in [-0.2, -0.15) is 0 Å². The number of hydrogen-bond donors (Lipinski definition) is 2. The minimum atomic E-state index is -1.06. The largest absolute Gasteiger partial charge is 0.480 e. The van der Waals surface area contributed by atoms with Crippen molar-refractivity contribution in [1.82, 2.24) is 5.32 Å². The number of amides is 1. The summed E-state index contributed by atoms with van der Waals surface area (Å²) in [6.07, 6.45) is 2.77. The molecule has 1 saturated heterocycles. The number of ether oxygens (including phenoxy) is 1. The lowest BCUT2D eigenvalue weighted by Gasteiger charge is -2.28. The van der Waals surface area contributed by atoms with Gasteiger partial charge in [-0.3, -0.25) is 9.59 Å². The zero-order valence-corrected chi connectivity index (χ0v) is 10.8. The molecule has 0 aromatic carbocycles. The summed E-state index contributed by atoms with van der Waals surface area (Å²) in [6, 6.07) is -0.961. The van der Waals surface area contributed by atoms with E-state index in [0.717, 1.165) is 0 Å². The van der Waals surface area contributed by atoms with Crippen molar-refractivity contribution in [2.45, 2.75) is 38.1 Å². The van der Waals surface area contributed by atoms with Gasteiger partial charge in [0.05, 0.1) is 12.5 Å². The fraction of sp³-hybridized carbons (Fsp3) is 0.769. The van der Waals surface area contributed by atoms with Gasteiger partial charge in [-0.05, 0) is 25.2 Å². The molecule has 1 saturated carbocycles. The summed E-state index contributed by atoms with van der Waals surface area (Å²) < 4.78 is 5.12. The Morgan fingerprint density at radius 1 is 1.37 bits per heavy atom. The molecule has 2 N–H and O–H groups in total. The van der Waals surface area contributed by atoms with Crippen LogP contribution in [-0.2, 0) is 19.1 Å². The van der Waals surface area contributed by atoms with Gasteiger partial charge in [0.25, 0.3) is 0 Å². The summed E-state index contributed by atoms with van der Waals surface area (Å²) in [7, 11) is 0. The van der Waals surface area contributed by atoms with Crippen LogP contribution < -0.4 is 5.32 Å². The van der Waals surface area contributed by atoms with Gasteiger partial charge < -0.3 is 15.2 Å². The molecule has 2 fully saturated rings. The molecule has 0 aromatic rings. The fourth-order valence-electron chi connectivity index (χ4n) is 2.74. The van der Waals surface area contributed by atoms with Crippen molar-refractivity contribution in [2.75, 3.05) is 13.2 Å². The molecule has 1 aliphatic heterocycles. The first-order valence-corrected chi connectivity index (χ1v) is 6.70. The Morgan fingerprint density at radius 3 is 2.74 bits per heavy atom. The Morgan fingerprint density at radius 2 is 2.16 bits per heavy atom. The molecule has 2 rings (SSSR count). The van der Waals surface area contributed by atoms with Gasteiger partial charge in [0.15, 0.2) is 0 Å². The van der Waals surface area contributed by atoms with E-state index >= 15 is 0 Å². The van der Waals surface area contributed by atoms with Crippen LogP contribution in [0.3, 0.4) is 0 Å². The van der Waals surface area contributed by atoms with Gasteiger partial charge in [-0.1, -0.05) is 0 Å². The lowest BCUT2D eigenvalue weighted by Crippen LogP contribution is -2.49. The van der Waals surface area contributed by atoms with Crippen LogP contribution >= 0.6 is 0 Å². The lowest BCUT2D eigenvalue weighted by atomic mass is 9.83. The number of aliphatic carboxylic acids is 1. The maximum absolute atomic E-state index is 11.9. The van der Waals surface area contributed by atoms with Gasteiger partial charge in [0, 0.05) is 19.4 Å². The Balaban J connectivity index is 1.97. The molecule has 2 aliphatic rings. The molecule has 6 nitrogen and oxygen atoms in total. The lowest BCUT2D eigenvalue weighted by molar-refractivity contribution is -0.145. The minimum Gasteiger partial charge on any atom is -0.480 e. The Labute approximate surface area is 111 Å². The van der Waals surface area contributed by atoms with E-state index in [4.69, 9.17) is 4.74 Å². The molecule has 106 valence electrons. The number of hydrogen-bond acceptors (Lipinski definition) is 4. The zero-order valence-electron chi connectivity index (χ0n) is 10.8. The van der Waals surface area contributed by atoms with Crippen molar-refractivity contribution < 1.29 is 24.2 Å². The molecule has 1 amide bonds. The summed E-state index contributed by atoms with van der Waals surface area (Å²) in [6.45, 7) is 0.888. The molecule has 3 atom stereocenters. The second kappa shape index (κ2) is 6.14. The molecule has 0 aromatic heterocycles. The number of carbonyl (C=O) groups excluding carboxylic acids is 2. The van der Waals surface area contributed by atoms with Crippen LogP contribution in [0.1, 0.15) is 32.1 Å². The van der Waals surface area contributed by atoms with Crippen molar-refractivity contribution in [1.29, 1.82) is 0 Å². The highest BCUT2D eigenvalue weighted by atomic mass is 16.5. The Hall–Kier alpha value is -1.43. The van der Waals surface area contributed by atoms with Gasteiger partial charge in [0.1, 0.15) is 11.8 Å². The topological polar surface area (TPSA) is 92.7 Å². The Kier molecular flexibility index (Phi) is 4.52. The predicted molar refractivity (Wildman–Crippen MR) is 65.5 cm³/mol.